The van der Waals surface area contributed by atoms with Gasteiger partial charge in [0.15, 0.2) is 0 Å². The van der Waals surface area contributed by atoms with Crippen LogP contribution in [0.1, 0.15) is 145 Å². The predicted molar refractivity (Wildman–Crippen MR) is 231 cm³/mol. The van der Waals surface area contributed by atoms with Gasteiger partial charge in [0.05, 0.1) is 30.3 Å². The van der Waals surface area contributed by atoms with Crippen LogP contribution in [0.4, 0.5) is 0 Å². The molecule has 57 heavy (non-hydrogen) atoms. The van der Waals surface area contributed by atoms with Gasteiger partial charge in [0, 0.05) is 24.7 Å². The first kappa shape index (κ1) is 51.0. The highest BCUT2D eigenvalue weighted by Crippen LogP contribution is 2.66. The molecule has 0 aliphatic heterocycles. The number of allylic oxidation sites excluding steroid dienone is 3. The van der Waals surface area contributed by atoms with Gasteiger partial charge in [-0.2, -0.15) is 12.6 Å². The second kappa shape index (κ2) is 23.0. The quantitative estimate of drug-likeness (QED) is 0.0490. The van der Waals surface area contributed by atoms with Crippen molar-refractivity contribution in [1.29, 1.82) is 0 Å². The fourth-order valence-corrected chi connectivity index (χ4v) is 11.5. The number of aliphatic hydroxyl groups excluding tert-OH is 3. The van der Waals surface area contributed by atoms with Crippen LogP contribution in [0, 0.1) is 51.2 Å². The van der Waals surface area contributed by atoms with Crippen molar-refractivity contribution in [2.75, 3.05) is 19.5 Å². The Morgan fingerprint density at radius 2 is 1.25 bits per heavy atom. The van der Waals surface area contributed by atoms with E-state index >= 15 is 0 Å². The number of aliphatic hydroxyl groups is 3. The van der Waals surface area contributed by atoms with Crippen molar-refractivity contribution in [2.45, 2.75) is 169 Å². The maximum atomic E-state index is 13.2. The molecule has 10 heteroatoms. The molecular weight excluding hydrogens is 741 g/mol. The maximum Gasteiger partial charge on any atom is 0.306 e. The molecule has 4 aliphatic carbocycles. The van der Waals surface area contributed by atoms with E-state index in [2.05, 4.69) is 53.1 Å². The number of rotatable bonds is 17. The number of esters is 3. The standard InChI is InChI=1S/C44H70O9.C2H6.CH4S/c1-9-13-17-36(47)51-27-43(8)33-22-21-32(30(16-12-4)31(33)20-23-34(43)45)42(7)25-29-24-41(5,6)39(50)40(53-38(49)19-15-11-3)44(29,35(46)26-42)28-52-37(48)18-14-10-2;2*1-2/h9-11,29-35,39-40,45-46,50H,1-3,12-28H2,4-8H3;1-2H3;2H,1H3/t29?,30?,31?,32?,33?,34?,35-,39?,40+,42+,43-,44?;;/m1../s1. The highest BCUT2D eigenvalue weighted by Gasteiger charge is 2.68. The van der Waals surface area contributed by atoms with Crippen LogP contribution in [0.25, 0.3) is 0 Å². The molecule has 9 nitrogen and oxygen atoms in total. The molecule has 0 heterocycles. The first-order chi connectivity index (χ1) is 27.0. The topological polar surface area (TPSA) is 140 Å². The van der Waals surface area contributed by atoms with Crippen molar-refractivity contribution in [1.82, 2.24) is 0 Å². The van der Waals surface area contributed by atoms with E-state index in [9.17, 15) is 29.7 Å². The minimum Gasteiger partial charge on any atom is -0.465 e. The average molecular weight is 821 g/mol. The summed E-state index contributed by atoms with van der Waals surface area (Å²) in [6.45, 7) is 25.8. The Bertz CT molecular complexity index is 1320. The fraction of sp³-hybridized carbons (Fsp3) is 0.809. The minimum absolute atomic E-state index is 0.103. The first-order valence-electron chi connectivity index (χ1n) is 21.9. The van der Waals surface area contributed by atoms with Crippen LogP contribution in [-0.4, -0.2) is 77.1 Å². The zero-order valence-corrected chi connectivity index (χ0v) is 37.7. The lowest BCUT2D eigenvalue weighted by molar-refractivity contribution is -0.268. The van der Waals surface area contributed by atoms with Gasteiger partial charge in [0.25, 0.3) is 0 Å². The van der Waals surface area contributed by atoms with Gasteiger partial charge < -0.3 is 29.5 Å². The van der Waals surface area contributed by atoms with E-state index in [1.807, 2.05) is 27.7 Å². The van der Waals surface area contributed by atoms with Gasteiger partial charge in [0.1, 0.15) is 12.7 Å². The van der Waals surface area contributed by atoms with Gasteiger partial charge in [0.2, 0.25) is 0 Å². The van der Waals surface area contributed by atoms with Crippen LogP contribution in [-0.2, 0) is 28.6 Å². The molecule has 0 aromatic carbocycles. The van der Waals surface area contributed by atoms with E-state index in [0.29, 0.717) is 50.4 Å². The number of hydrogen-bond acceptors (Lipinski definition) is 10. The van der Waals surface area contributed by atoms with Crippen LogP contribution in [0.3, 0.4) is 0 Å². The monoisotopic (exact) mass is 821 g/mol. The van der Waals surface area contributed by atoms with Crippen molar-refractivity contribution in [3.63, 3.8) is 0 Å². The van der Waals surface area contributed by atoms with Crippen LogP contribution in [0.5, 0.6) is 0 Å². The molecule has 0 bridgehead atoms. The second-order valence-corrected chi connectivity index (χ2v) is 18.2. The third-order valence-corrected chi connectivity index (χ3v) is 14.4. The predicted octanol–water partition coefficient (Wildman–Crippen LogP) is 9.23. The summed E-state index contributed by atoms with van der Waals surface area (Å²) >= 11 is 3.53. The fourth-order valence-electron chi connectivity index (χ4n) is 11.5. The molecule has 0 aromatic rings. The van der Waals surface area contributed by atoms with Gasteiger partial charge in [-0.15, -0.1) is 19.7 Å². The SMILES string of the molecule is C=CCCC(=O)OCC12C(CC(C)(C)C(O)[C@@H]1OC(=O)CCC=C)C[C@](C)(C1CCC3C(CCC(O)[C@]3(C)COC(=O)CCC=C)C1CCC)C[C@H]2O.CC.CS. The molecule has 4 aliphatic rings. The Labute approximate surface area is 351 Å². The molecule has 0 radical (unpaired) electrons. The molecule has 8 unspecified atom stereocenters. The smallest absolute Gasteiger partial charge is 0.306 e. The molecule has 4 rings (SSSR count). The third-order valence-electron chi connectivity index (χ3n) is 14.4. The minimum atomic E-state index is -1.18. The van der Waals surface area contributed by atoms with Crippen LogP contribution in [0.15, 0.2) is 38.0 Å². The number of fused-ring (bicyclic) bond motifs is 2. The Morgan fingerprint density at radius 1 is 0.719 bits per heavy atom. The van der Waals surface area contributed by atoms with E-state index in [0.717, 1.165) is 38.5 Å². The highest BCUT2D eigenvalue weighted by molar-refractivity contribution is 7.79. The van der Waals surface area contributed by atoms with Crippen molar-refractivity contribution in [3.8, 4) is 0 Å². The lowest BCUT2D eigenvalue weighted by Crippen LogP contribution is -2.69. The van der Waals surface area contributed by atoms with E-state index < -0.39 is 52.6 Å². The number of ether oxygens (including phenoxy) is 3. The van der Waals surface area contributed by atoms with Gasteiger partial charge in [-0.05, 0) is 111 Å². The molecule has 3 N–H and O–H groups in total. The average Bonchev–Trinajstić information content (AvgIpc) is 3.19. The third kappa shape index (κ3) is 11.6. The molecule has 4 saturated carbocycles. The van der Waals surface area contributed by atoms with Crippen molar-refractivity contribution >= 4 is 30.5 Å². The maximum absolute atomic E-state index is 13.2. The van der Waals surface area contributed by atoms with Crippen molar-refractivity contribution < 1.29 is 43.9 Å². The van der Waals surface area contributed by atoms with E-state index in [1.165, 1.54) is 0 Å². The summed E-state index contributed by atoms with van der Waals surface area (Å²) < 4.78 is 17.9. The van der Waals surface area contributed by atoms with E-state index in [4.69, 9.17) is 14.2 Å². The lowest BCUT2D eigenvalue weighted by atomic mass is 9.42. The zero-order chi connectivity index (χ0) is 43.2. The van der Waals surface area contributed by atoms with Crippen LogP contribution >= 0.6 is 12.6 Å². The Kier molecular flexibility index (Phi) is 20.6. The normalized spacial score (nSPS) is 36.5. The van der Waals surface area contributed by atoms with Gasteiger partial charge in [-0.1, -0.05) is 79.5 Å². The summed E-state index contributed by atoms with van der Waals surface area (Å²) in [5, 5.41) is 35.9. The molecule has 0 spiro atoms. The molecule has 328 valence electrons. The number of thiol groups is 1. The number of hydrogen-bond donors (Lipinski definition) is 4. The molecule has 0 amide bonds. The summed E-state index contributed by atoms with van der Waals surface area (Å²) in [7, 11) is 0. The van der Waals surface area contributed by atoms with Gasteiger partial charge in [-0.3, -0.25) is 14.4 Å². The van der Waals surface area contributed by atoms with Crippen LogP contribution in [0.2, 0.25) is 0 Å². The zero-order valence-electron chi connectivity index (χ0n) is 36.8. The largest absolute Gasteiger partial charge is 0.465 e. The first-order valence-corrected chi connectivity index (χ1v) is 22.8. The second-order valence-electron chi connectivity index (χ2n) is 18.2. The molecule has 0 aromatic heterocycles. The lowest BCUT2D eigenvalue weighted by Gasteiger charge is -2.65. The Balaban J connectivity index is 0.00000271. The molecular formula is C47H80O9S. The molecule has 12 atom stereocenters. The van der Waals surface area contributed by atoms with Crippen molar-refractivity contribution in [3.05, 3.63) is 38.0 Å². The summed E-state index contributed by atoms with van der Waals surface area (Å²) in [6, 6.07) is 0. The summed E-state index contributed by atoms with van der Waals surface area (Å²) in [6.07, 6.45) is 12.1. The highest BCUT2D eigenvalue weighted by atomic mass is 32.1. The van der Waals surface area contributed by atoms with E-state index in [-0.39, 0.29) is 61.6 Å². The summed E-state index contributed by atoms with van der Waals surface area (Å²) in [4.78, 5) is 38.7. The van der Waals surface area contributed by atoms with Crippen LogP contribution < -0.4 is 0 Å². The Morgan fingerprint density at radius 3 is 1.79 bits per heavy atom. The summed E-state index contributed by atoms with van der Waals surface area (Å²) in [5.41, 5.74) is -2.64. The molecule has 4 fully saturated rings. The van der Waals surface area contributed by atoms with Crippen molar-refractivity contribution in [2.24, 2.45) is 51.2 Å². The summed E-state index contributed by atoms with van der Waals surface area (Å²) in [5.74, 6) is -0.189. The van der Waals surface area contributed by atoms with Gasteiger partial charge >= 0.3 is 17.9 Å². The van der Waals surface area contributed by atoms with Gasteiger partial charge in [-0.25, -0.2) is 0 Å². The number of carbonyl (C=O) groups excluding carboxylic acids is 3. The number of carbonyl (C=O) groups is 3. The molecule has 0 saturated heterocycles. The van der Waals surface area contributed by atoms with E-state index in [1.54, 1.807) is 24.5 Å². The Hall–Kier alpha value is -2.14.